The molecule has 1 N–H and O–H groups in total. The van der Waals surface area contributed by atoms with Crippen molar-refractivity contribution >= 4 is 40.6 Å². The molecule has 0 aliphatic carbocycles. The number of rotatable bonds is 8. The number of aliphatic imine (C=N–C) groups is 1. The van der Waals surface area contributed by atoms with Crippen molar-refractivity contribution in [2.45, 2.75) is 25.4 Å². The van der Waals surface area contributed by atoms with Crippen molar-refractivity contribution in [2.24, 2.45) is 4.99 Å². The SMILES string of the molecule is CCOC(=O)C1=C(CN2CCN3C(=O)N(CC(F)F)C[C@@H]3C2)NCC(c2nccs2)=N[C@H]1c1cccc(F)c1Cl. The summed E-state index contributed by atoms with van der Waals surface area (Å²) in [6.45, 7) is 3.20. The van der Waals surface area contributed by atoms with Gasteiger partial charge in [0.2, 0.25) is 0 Å². The van der Waals surface area contributed by atoms with Gasteiger partial charge in [-0.3, -0.25) is 9.89 Å². The third-order valence-electron chi connectivity index (χ3n) is 7.06. The van der Waals surface area contributed by atoms with E-state index in [0.717, 1.165) is 0 Å². The third kappa shape index (κ3) is 5.81. The van der Waals surface area contributed by atoms with Crippen molar-refractivity contribution in [3.63, 3.8) is 0 Å². The number of hydrogen-bond donors (Lipinski definition) is 1. The molecule has 5 rings (SSSR count). The Labute approximate surface area is 238 Å². The summed E-state index contributed by atoms with van der Waals surface area (Å²) in [5.74, 6) is -1.25. The van der Waals surface area contributed by atoms with Gasteiger partial charge in [0.05, 0.1) is 42.0 Å². The van der Waals surface area contributed by atoms with Crippen molar-refractivity contribution < 1.29 is 27.5 Å². The minimum atomic E-state index is -2.60. The topological polar surface area (TPSA) is 90.4 Å². The van der Waals surface area contributed by atoms with E-state index in [1.54, 1.807) is 24.1 Å². The average molecular weight is 597 g/mol. The Balaban J connectivity index is 1.49. The van der Waals surface area contributed by atoms with Crippen LogP contribution in [0.15, 0.2) is 46.0 Å². The lowest BCUT2D eigenvalue weighted by Gasteiger charge is -2.37. The molecule has 1 aromatic heterocycles. The number of amides is 2. The lowest BCUT2D eigenvalue weighted by Crippen LogP contribution is -2.53. The molecule has 2 saturated heterocycles. The maximum atomic E-state index is 14.6. The number of ether oxygens (including phenoxy) is 1. The molecule has 3 aliphatic rings. The van der Waals surface area contributed by atoms with Gasteiger partial charge >= 0.3 is 12.0 Å². The molecule has 9 nitrogen and oxygen atoms in total. The van der Waals surface area contributed by atoms with Crippen LogP contribution in [0.25, 0.3) is 0 Å². The maximum absolute atomic E-state index is 14.6. The van der Waals surface area contributed by atoms with E-state index in [-0.39, 0.29) is 48.9 Å². The van der Waals surface area contributed by atoms with Gasteiger partial charge in [0.15, 0.2) is 0 Å². The van der Waals surface area contributed by atoms with E-state index in [1.807, 2.05) is 5.38 Å². The normalized spacial score (nSPS) is 21.9. The second-order valence-electron chi connectivity index (χ2n) is 9.59. The van der Waals surface area contributed by atoms with Crippen molar-refractivity contribution in [3.8, 4) is 0 Å². The molecule has 2 amide bonds. The van der Waals surface area contributed by atoms with Crippen LogP contribution in [0, 0.1) is 5.82 Å². The molecule has 0 bridgehead atoms. The number of piperazine rings is 1. The lowest BCUT2D eigenvalue weighted by atomic mass is 9.96. The third-order valence-corrected chi connectivity index (χ3v) is 8.28. The van der Waals surface area contributed by atoms with E-state index < -0.39 is 30.8 Å². The summed E-state index contributed by atoms with van der Waals surface area (Å²) in [6, 6.07) is 2.76. The molecule has 2 aromatic rings. The van der Waals surface area contributed by atoms with Crippen LogP contribution in [-0.4, -0.2) is 102 Å². The van der Waals surface area contributed by atoms with Gasteiger partial charge in [-0.25, -0.2) is 27.7 Å². The van der Waals surface area contributed by atoms with E-state index >= 15 is 0 Å². The highest BCUT2D eigenvalue weighted by Crippen LogP contribution is 2.37. The molecule has 0 saturated carbocycles. The first kappa shape index (κ1) is 28.4. The van der Waals surface area contributed by atoms with Gasteiger partial charge in [0.1, 0.15) is 16.9 Å². The quantitative estimate of drug-likeness (QED) is 0.469. The predicted octanol–water partition coefficient (Wildman–Crippen LogP) is 3.57. The number of urea groups is 1. The lowest BCUT2D eigenvalue weighted by molar-refractivity contribution is -0.138. The molecular weight excluding hydrogens is 569 g/mol. The molecular formula is C26H28ClF3N6O3S. The van der Waals surface area contributed by atoms with Crippen LogP contribution in [0.1, 0.15) is 23.5 Å². The number of halogens is 4. The van der Waals surface area contributed by atoms with E-state index in [9.17, 15) is 22.8 Å². The number of esters is 1. The summed E-state index contributed by atoms with van der Waals surface area (Å²) in [4.78, 5) is 40.1. The smallest absolute Gasteiger partial charge is 0.338 e. The van der Waals surface area contributed by atoms with Crippen molar-refractivity contribution in [1.29, 1.82) is 0 Å². The highest BCUT2D eigenvalue weighted by Gasteiger charge is 2.42. The maximum Gasteiger partial charge on any atom is 0.338 e. The minimum absolute atomic E-state index is 0.116. The Bertz CT molecular complexity index is 1320. The first-order valence-electron chi connectivity index (χ1n) is 12.9. The fraction of sp³-hybridized carbons (Fsp3) is 0.462. The van der Waals surface area contributed by atoms with Gasteiger partial charge in [-0.05, 0) is 13.0 Å². The average Bonchev–Trinajstić information content (AvgIpc) is 3.50. The number of aromatic nitrogens is 1. The summed E-state index contributed by atoms with van der Waals surface area (Å²) < 4.78 is 46.0. The second-order valence-corrected chi connectivity index (χ2v) is 10.9. The zero-order valence-corrected chi connectivity index (χ0v) is 23.2. The Morgan fingerprint density at radius 3 is 2.85 bits per heavy atom. The number of thiazole rings is 1. The summed E-state index contributed by atoms with van der Waals surface area (Å²) in [6.07, 6.45) is -0.953. The van der Waals surface area contributed by atoms with E-state index in [0.29, 0.717) is 41.6 Å². The van der Waals surface area contributed by atoms with Gasteiger partial charge in [-0.15, -0.1) is 11.3 Å². The fourth-order valence-corrected chi connectivity index (χ4v) is 6.15. The number of fused-ring (bicyclic) bond motifs is 1. The first-order chi connectivity index (χ1) is 19.3. The molecule has 2 atom stereocenters. The number of nitrogens with one attached hydrogen (secondary N) is 1. The summed E-state index contributed by atoms with van der Waals surface area (Å²) in [5, 5.41) is 5.65. The van der Waals surface area contributed by atoms with Crippen LogP contribution in [0.3, 0.4) is 0 Å². The number of carbonyl (C=O) groups is 2. The van der Waals surface area contributed by atoms with Crippen molar-refractivity contribution in [3.05, 3.63) is 62.5 Å². The van der Waals surface area contributed by atoms with Gasteiger partial charge in [0.25, 0.3) is 6.43 Å². The van der Waals surface area contributed by atoms with Gasteiger partial charge in [0, 0.05) is 55.6 Å². The first-order valence-corrected chi connectivity index (χ1v) is 14.1. The van der Waals surface area contributed by atoms with Gasteiger partial charge in [-0.2, -0.15) is 0 Å². The second kappa shape index (κ2) is 12.1. The predicted molar refractivity (Wildman–Crippen MR) is 144 cm³/mol. The molecule has 1 aromatic carbocycles. The Kier molecular flexibility index (Phi) is 8.62. The highest BCUT2D eigenvalue weighted by molar-refractivity contribution is 7.11. The fourth-order valence-electron chi connectivity index (χ4n) is 5.28. The molecule has 2 fully saturated rings. The van der Waals surface area contributed by atoms with Crippen LogP contribution in [0.4, 0.5) is 18.0 Å². The highest BCUT2D eigenvalue weighted by atomic mass is 35.5. The molecule has 0 spiro atoms. The van der Waals surface area contributed by atoms with Gasteiger partial charge < -0.3 is 19.9 Å². The van der Waals surface area contributed by atoms with Crippen molar-refractivity contribution in [2.75, 3.05) is 52.4 Å². The number of benzene rings is 1. The molecule has 14 heteroatoms. The molecule has 4 heterocycles. The molecule has 3 aliphatic heterocycles. The monoisotopic (exact) mass is 596 g/mol. The number of alkyl halides is 2. The zero-order valence-electron chi connectivity index (χ0n) is 21.7. The van der Waals surface area contributed by atoms with E-state index in [4.69, 9.17) is 21.3 Å². The van der Waals surface area contributed by atoms with Crippen LogP contribution >= 0.6 is 22.9 Å². The van der Waals surface area contributed by atoms with Gasteiger partial charge in [-0.1, -0.05) is 23.7 Å². The summed E-state index contributed by atoms with van der Waals surface area (Å²) in [7, 11) is 0. The van der Waals surface area contributed by atoms with Crippen LogP contribution in [0.2, 0.25) is 5.02 Å². The Hall–Kier alpha value is -3.16. The largest absolute Gasteiger partial charge is 0.463 e. The molecule has 0 unspecified atom stereocenters. The number of nitrogens with zero attached hydrogens (tertiary/aromatic N) is 5. The van der Waals surface area contributed by atoms with E-state index in [1.165, 1.54) is 28.4 Å². The minimum Gasteiger partial charge on any atom is -0.463 e. The molecule has 0 radical (unpaired) electrons. The zero-order chi connectivity index (χ0) is 28.4. The Morgan fingerprint density at radius 1 is 1.30 bits per heavy atom. The molecule has 214 valence electrons. The molecule has 40 heavy (non-hydrogen) atoms. The van der Waals surface area contributed by atoms with Crippen LogP contribution in [-0.2, 0) is 9.53 Å². The number of hydrogen-bond acceptors (Lipinski definition) is 8. The van der Waals surface area contributed by atoms with Crippen LogP contribution in [0.5, 0.6) is 0 Å². The Morgan fingerprint density at radius 2 is 2.12 bits per heavy atom. The van der Waals surface area contributed by atoms with Crippen LogP contribution < -0.4 is 5.32 Å². The summed E-state index contributed by atoms with van der Waals surface area (Å²) in [5.41, 5.74) is 1.62. The summed E-state index contributed by atoms with van der Waals surface area (Å²) >= 11 is 7.79. The number of carbonyl (C=O) groups excluding carboxylic acids is 2. The van der Waals surface area contributed by atoms with E-state index in [2.05, 4.69) is 15.2 Å². The standard InChI is InChI=1S/C26H28ClF3N6O3S/c1-2-39-25(37)21-19(13-34-7-8-36-15(11-34)12-35(26(36)38)14-20(29)30)32-10-18(24-31-6-9-40-24)33-23(21)16-4-3-5-17(28)22(16)27/h3-6,9,15,20,23,32H,2,7-8,10-14H2,1H3/t15-,23-/m0/s1. The van der Waals surface area contributed by atoms with Crippen molar-refractivity contribution in [1.82, 2.24) is 25.0 Å².